The maximum absolute atomic E-state index is 10.1. The quantitative estimate of drug-likeness (QED) is 0.868. The fraction of sp³-hybridized carbons (Fsp3) is 0.353. The summed E-state index contributed by atoms with van der Waals surface area (Å²) in [6.07, 6.45) is 5.13. The summed E-state index contributed by atoms with van der Waals surface area (Å²) >= 11 is 0. The van der Waals surface area contributed by atoms with E-state index in [4.69, 9.17) is 4.74 Å². The van der Waals surface area contributed by atoms with Gasteiger partial charge in [-0.1, -0.05) is 36.8 Å². The lowest BCUT2D eigenvalue weighted by molar-refractivity contribution is 0.161. The third-order valence-electron chi connectivity index (χ3n) is 3.75. The van der Waals surface area contributed by atoms with Crippen molar-refractivity contribution in [1.29, 1.82) is 0 Å². The highest BCUT2D eigenvalue weighted by Gasteiger charge is 2.20. The van der Waals surface area contributed by atoms with Crippen LogP contribution in [0.4, 0.5) is 0 Å². The molecule has 0 spiro atoms. The average molecular weight is 269 g/mol. The number of rotatable bonds is 3. The van der Waals surface area contributed by atoms with Crippen molar-refractivity contribution in [3.8, 4) is 5.75 Å². The Hall–Kier alpha value is -1.87. The van der Waals surface area contributed by atoms with Gasteiger partial charge in [0.2, 0.25) is 0 Å². The highest BCUT2D eigenvalue weighted by atomic mass is 16.5. The first-order valence-corrected chi connectivity index (χ1v) is 7.17. The normalized spacial score (nSPS) is 18.1. The Morgan fingerprint density at radius 2 is 2.00 bits per heavy atom. The summed E-state index contributed by atoms with van der Waals surface area (Å²) in [6, 6.07) is 12.0. The maximum atomic E-state index is 10.1. The van der Waals surface area contributed by atoms with Crippen molar-refractivity contribution in [3.63, 3.8) is 0 Å². The van der Waals surface area contributed by atoms with E-state index in [1.165, 1.54) is 0 Å². The predicted octanol–water partition coefficient (Wildman–Crippen LogP) is 3.42. The molecule has 3 nitrogen and oxygen atoms in total. The molecule has 1 aliphatic carbocycles. The Morgan fingerprint density at radius 1 is 1.15 bits per heavy atom. The van der Waals surface area contributed by atoms with E-state index in [1.54, 1.807) is 6.20 Å². The number of aliphatic hydroxyl groups is 1. The first-order valence-electron chi connectivity index (χ1n) is 7.17. The molecule has 1 unspecified atom stereocenters. The largest absolute Gasteiger partial charge is 0.488 e. The maximum Gasteiger partial charge on any atom is 0.126 e. The number of aliphatic hydroxyl groups excluding tert-OH is 1. The molecule has 3 heteroatoms. The van der Waals surface area contributed by atoms with Gasteiger partial charge in [-0.25, -0.2) is 0 Å². The zero-order chi connectivity index (χ0) is 13.8. The number of benzene rings is 1. The van der Waals surface area contributed by atoms with Gasteiger partial charge in [0.1, 0.15) is 12.4 Å². The molecule has 0 fully saturated rings. The third kappa shape index (κ3) is 2.83. The van der Waals surface area contributed by atoms with Gasteiger partial charge >= 0.3 is 0 Å². The van der Waals surface area contributed by atoms with E-state index >= 15 is 0 Å². The standard InChI is InChI=1S/C17H19NO2/c19-15-9-5-4-8-14-16(10-11-18-17(14)15)20-12-13-6-2-1-3-7-13/h1-3,6-7,10-11,15,19H,4-5,8-9,12H2. The van der Waals surface area contributed by atoms with Crippen molar-refractivity contribution in [1.82, 2.24) is 4.98 Å². The zero-order valence-corrected chi connectivity index (χ0v) is 11.5. The van der Waals surface area contributed by atoms with E-state index in [0.29, 0.717) is 6.61 Å². The fourth-order valence-electron chi connectivity index (χ4n) is 2.68. The van der Waals surface area contributed by atoms with Crippen LogP contribution in [0.15, 0.2) is 42.6 Å². The first-order chi connectivity index (χ1) is 9.84. The molecular formula is C17H19NO2. The Morgan fingerprint density at radius 3 is 2.85 bits per heavy atom. The molecule has 0 saturated heterocycles. The molecule has 1 N–H and O–H groups in total. The number of fused-ring (bicyclic) bond motifs is 1. The van der Waals surface area contributed by atoms with Gasteiger partial charge in [-0.15, -0.1) is 0 Å². The molecule has 1 atom stereocenters. The van der Waals surface area contributed by atoms with Crippen LogP contribution in [0.25, 0.3) is 0 Å². The van der Waals surface area contributed by atoms with Crippen molar-refractivity contribution in [2.45, 2.75) is 38.4 Å². The van der Waals surface area contributed by atoms with Gasteiger partial charge < -0.3 is 9.84 Å². The highest BCUT2D eigenvalue weighted by molar-refractivity contribution is 5.38. The molecule has 3 rings (SSSR count). The number of aromatic nitrogens is 1. The van der Waals surface area contributed by atoms with Crippen molar-refractivity contribution in [3.05, 3.63) is 59.4 Å². The summed E-state index contributed by atoms with van der Waals surface area (Å²) in [5.41, 5.74) is 3.02. The lowest BCUT2D eigenvalue weighted by Gasteiger charge is -2.15. The minimum atomic E-state index is -0.451. The van der Waals surface area contributed by atoms with E-state index < -0.39 is 6.10 Å². The van der Waals surface area contributed by atoms with Gasteiger partial charge in [0.05, 0.1) is 11.8 Å². The lowest BCUT2D eigenvalue weighted by atomic mass is 10.1. The van der Waals surface area contributed by atoms with E-state index in [9.17, 15) is 5.11 Å². The minimum Gasteiger partial charge on any atom is -0.488 e. The summed E-state index contributed by atoms with van der Waals surface area (Å²) in [7, 11) is 0. The second kappa shape index (κ2) is 6.06. The van der Waals surface area contributed by atoms with Crippen molar-refractivity contribution in [2.75, 3.05) is 0 Å². The second-order valence-electron chi connectivity index (χ2n) is 5.21. The van der Waals surface area contributed by atoms with Crippen LogP contribution in [0.5, 0.6) is 5.75 Å². The average Bonchev–Trinajstić information content (AvgIpc) is 2.69. The molecule has 20 heavy (non-hydrogen) atoms. The summed E-state index contributed by atoms with van der Waals surface area (Å²) in [6.45, 7) is 0.549. The molecule has 1 heterocycles. The van der Waals surface area contributed by atoms with Gasteiger partial charge in [0.15, 0.2) is 0 Å². The molecule has 1 aromatic heterocycles. The van der Waals surface area contributed by atoms with Gasteiger partial charge in [-0.2, -0.15) is 0 Å². The van der Waals surface area contributed by atoms with E-state index in [-0.39, 0.29) is 0 Å². The molecule has 0 aliphatic heterocycles. The summed E-state index contributed by atoms with van der Waals surface area (Å²) in [5, 5.41) is 10.1. The van der Waals surface area contributed by atoms with Crippen LogP contribution in [0, 0.1) is 0 Å². The SMILES string of the molecule is OC1CCCCc2c(OCc3ccccc3)ccnc21. The third-order valence-corrected chi connectivity index (χ3v) is 3.75. The number of hydrogen-bond donors (Lipinski definition) is 1. The number of nitrogens with zero attached hydrogens (tertiary/aromatic N) is 1. The van der Waals surface area contributed by atoms with Crippen LogP contribution < -0.4 is 4.74 Å². The number of ether oxygens (including phenoxy) is 1. The zero-order valence-electron chi connectivity index (χ0n) is 11.5. The summed E-state index contributed by atoms with van der Waals surface area (Å²) in [5.74, 6) is 0.861. The highest BCUT2D eigenvalue weighted by Crippen LogP contribution is 2.32. The molecular weight excluding hydrogens is 250 g/mol. The molecule has 0 saturated carbocycles. The smallest absolute Gasteiger partial charge is 0.126 e. The molecule has 1 aromatic carbocycles. The van der Waals surface area contributed by atoms with Crippen LogP contribution in [0.3, 0.4) is 0 Å². The van der Waals surface area contributed by atoms with E-state index in [2.05, 4.69) is 17.1 Å². The topological polar surface area (TPSA) is 42.4 Å². The Balaban J connectivity index is 1.82. The van der Waals surface area contributed by atoms with Gasteiger partial charge in [0, 0.05) is 11.8 Å². The summed E-state index contributed by atoms with van der Waals surface area (Å²) in [4.78, 5) is 4.35. The van der Waals surface area contributed by atoms with E-state index in [1.807, 2.05) is 24.3 Å². The summed E-state index contributed by atoms with van der Waals surface area (Å²) < 4.78 is 5.94. The van der Waals surface area contributed by atoms with E-state index in [0.717, 1.165) is 48.3 Å². The molecule has 104 valence electrons. The van der Waals surface area contributed by atoms with Crippen LogP contribution >= 0.6 is 0 Å². The second-order valence-corrected chi connectivity index (χ2v) is 5.21. The van der Waals surface area contributed by atoms with Gasteiger partial charge in [0.25, 0.3) is 0 Å². The van der Waals surface area contributed by atoms with Gasteiger partial charge in [-0.05, 0) is 30.9 Å². The van der Waals surface area contributed by atoms with Crippen LogP contribution in [0.1, 0.15) is 42.2 Å². The predicted molar refractivity (Wildman–Crippen MR) is 77.5 cm³/mol. The van der Waals surface area contributed by atoms with Gasteiger partial charge in [-0.3, -0.25) is 4.98 Å². The lowest BCUT2D eigenvalue weighted by Crippen LogP contribution is -2.05. The Labute approximate surface area is 119 Å². The van der Waals surface area contributed by atoms with Crippen LogP contribution in [0.2, 0.25) is 0 Å². The van der Waals surface area contributed by atoms with Crippen LogP contribution in [-0.4, -0.2) is 10.1 Å². The molecule has 0 amide bonds. The molecule has 2 aromatic rings. The monoisotopic (exact) mass is 269 g/mol. The Bertz CT molecular complexity index is 568. The molecule has 0 radical (unpaired) electrons. The first kappa shape index (κ1) is 13.1. The van der Waals surface area contributed by atoms with Crippen molar-refractivity contribution < 1.29 is 9.84 Å². The minimum absolute atomic E-state index is 0.451. The number of hydrogen-bond acceptors (Lipinski definition) is 3. The Kier molecular flexibility index (Phi) is 3.97. The van der Waals surface area contributed by atoms with Crippen LogP contribution in [-0.2, 0) is 13.0 Å². The molecule has 1 aliphatic rings. The van der Waals surface area contributed by atoms with Crippen molar-refractivity contribution in [2.24, 2.45) is 0 Å². The molecule has 0 bridgehead atoms. The van der Waals surface area contributed by atoms with Crippen molar-refractivity contribution >= 4 is 0 Å². The fourth-order valence-corrected chi connectivity index (χ4v) is 2.68. The number of pyridine rings is 1.